The minimum Gasteiger partial charge on any atom is -0.379 e. The van der Waals surface area contributed by atoms with Crippen molar-refractivity contribution in [3.63, 3.8) is 0 Å². The van der Waals surface area contributed by atoms with Gasteiger partial charge in [-0.25, -0.2) is 15.0 Å². The predicted molar refractivity (Wildman–Crippen MR) is 119 cm³/mol. The Bertz CT molecular complexity index is 1170. The SMILES string of the molecule is CNc1nc2[nH]c(-c3cccc(NCCN4CCOCC4)n3)cc2c2c1ncn2C. The summed E-state index contributed by atoms with van der Waals surface area (Å²) < 4.78 is 7.43. The summed E-state index contributed by atoms with van der Waals surface area (Å²) in [5.41, 5.74) is 4.55. The van der Waals surface area contributed by atoms with Crippen LogP contribution in [0.3, 0.4) is 0 Å². The van der Waals surface area contributed by atoms with E-state index < -0.39 is 0 Å². The van der Waals surface area contributed by atoms with Crippen molar-refractivity contribution in [2.75, 3.05) is 57.1 Å². The standard InChI is InChI=1S/C21H26N8O/c1-22-21-18-19(28(2)13-24-18)14-12-16(26-20(14)27-21)15-4-3-5-17(25-15)23-6-7-29-8-10-30-11-9-29/h3-5,12-13H,6-11H2,1-2H3,(H,23,25)(H2,22,26,27). The van der Waals surface area contributed by atoms with E-state index in [1.165, 1.54) is 0 Å². The van der Waals surface area contributed by atoms with E-state index in [4.69, 9.17) is 14.7 Å². The molecule has 0 amide bonds. The highest BCUT2D eigenvalue weighted by atomic mass is 16.5. The van der Waals surface area contributed by atoms with Crippen molar-refractivity contribution in [2.24, 2.45) is 7.05 Å². The fraction of sp³-hybridized carbons (Fsp3) is 0.381. The lowest BCUT2D eigenvalue weighted by atomic mass is 10.2. The molecule has 0 aliphatic carbocycles. The molecule has 0 bridgehead atoms. The monoisotopic (exact) mass is 406 g/mol. The van der Waals surface area contributed by atoms with Crippen LogP contribution in [0.15, 0.2) is 30.6 Å². The number of rotatable bonds is 6. The van der Waals surface area contributed by atoms with Gasteiger partial charge in [-0.2, -0.15) is 0 Å². The van der Waals surface area contributed by atoms with E-state index in [2.05, 4.69) is 31.6 Å². The lowest BCUT2D eigenvalue weighted by molar-refractivity contribution is 0.0398. The average Bonchev–Trinajstić information content (AvgIpc) is 3.38. The lowest BCUT2D eigenvalue weighted by Gasteiger charge is -2.26. The summed E-state index contributed by atoms with van der Waals surface area (Å²) in [7, 11) is 3.86. The molecule has 0 atom stereocenters. The minimum atomic E-state index is 0.762. The van der Waals surface area contributed by atoms with Gasteiger partial charge < -0.3 is 24.9 Å². The van der Waals surface area contributed by atoms with Crippen LogP contribution in [-0.4, -0.2) is 75.8 Å². The molecule has 4 aromatic rings. The molecule has 9 nitrogen and oxygen atoms in total. The van der Waals surface area contributed by atoms with E-state index >= 15 is 0 Å². The Morgan fingerprint density at radius 1 is 1.20 bits per heavy atom. The zero-order chi connectivity index (χ0) is 20.5. The summed E-state index contributed by atoms with van der Waals surface area (Å²) in [6, 6.07) is 8.14. The first kappa shape index (κ1) is 18.8. The second-order valence-electron chi connectivity index (χ2n) is 7.50. The maximum Gasteiger partial charge on any atom is 0.156 e. The van der Waals surface area contributed by atoms with Gasteiger partial charge in [-0.3, -0.25) is 4.90 Å². The van der Waals surface area contributed by atoms with Crippen LogP contribution in [0.2, 0.25) is 0 Å². The molecule has 5 rings (SSSR count). The molecule has 5 heterocycles. The van der Waals surface area contributed by atoms with Crippen LogP contribution in [-0.2, 0) is 11.8 Å². The smallest absolute Gasteiger partial charge is 0.156 e. The molecule has 0 aromatic carbocycles. The summed E-state index contributed by atoms with van der Waals surface area (Å²) in [6.07, 6.45) is 1.82. The van der Waals surface area contributed by atoms with Gasteiger partial charge in [0, 0.05) is 45.7 Å². The van der Waals surface area contributed by atoms with E-state index in [1.54, 1.807) is 0 Å². The summed E-state index contributed by atoms with van der Waals surface area (Å²) in [5, 5.41) is 7.61. The fourth-order valence-corrected chi connectivity index (χ4v) is 3.96. The molecule has 30 heavy (non-hydrogen) atoms. The maximum absolute atomic E-state index is 5.41. The molecule has 156 valence electrons. The Morgan fingerprint density at radius 2 is 2.07 bits per heavy atom. The topological polar surface area (TPSA) is 95.9 Å². The summed E-state index contributed by atoms with van der Waals surface area (Å²) in [5.74, 6) is 1.63. The predicted octanol–water partition coefficient (Wildman–Crippen LogP) is 2.30. The Kier molecular flexibility index (Phi) is 4.97. The van der Waals surface area contributed by atoms with Gasteiger partial charge in [0.2, 0.25) is 0 Å². The van der Waals surface area contributed by atoms with Crippen molar-refractivity contribution in [3.05, 3.63) is 30.6 Å². The number of fused-ring (bicyclic) bond motifs is 3. The second kappa shape index (κ2) is 7.92. The van der Waals surface area contributed by atoms with Crippen LogP contribution in [0.4, 0.5) is 11.6 Å². The number of hydrogen-bond donors (Lipinski definition) is 3. The van der Waals surface area contributed by atoms with Gasteiger partial charge in [0.1, 0.15) is 17.0 Å². The molecule has 4 aromatic heterocycles. The van der Waals surface area contributed by atoms with E-state index in [0.29, 0.717) is 0 Å². The molecular weight excluding hydrogens is 380 g/mol. The molecule has 1 aliphatic rings. The number of ether oxygens (including phenoxy) is 1. The van der Waals surface area contributed by atoms with E-state index in [-0.39, 0.29) is 0 Å². The molecule has 9 heteroatoms. The zero-order valence-electron chi connectivity index (χ0n) is 17.3. The van der Waals surface area contributed by atoms with Crippen LogP contribution < -0.4 is 10.6 Å². The third-order valence-electron chi connectivity index (χ3n) is 5.54. The Hall–Kier alpha value is -3.17. The number of aromatic amines is 1. The Balaban J connectivity index is 1.40. The van der Waals surface area contributed by atoms with Crippen LogP contribution in [0, 0.1) is 0 Å². The van der Waals surface area contributed by atoms with Gasteiger partial charge in [0.25, 0.3) is 0 Å². The normalized spacial score (nSPS) is 15.1. The number of aryl methyl sites for hydroxylation is 1. The summed E-state index contributed by atoms with van der Waals surface area (Å²) in [6.45, 7) is 5.47. The van der Waals surface area contributed by atoms with Crippen molar-refractivity contribution >= 4 is 33.7 Å². The van der Waals surface area contributed by atoms with Crippen molar-refractivity contribution < 1.29 is 4.74 Å². The summed E-state index contributed by atoms with van der Waals surface area (Å²) >= 11 is 0. The molecular formula is C21H26N8O. The largest absolute Gasteiger partial charge is 0.379 e. The van der Waals surface area contributed by atoms with Gasteiger partial charge >= 0.3 is 0 Å². The van der Waals surface area contributed by atoms with Gasteiger partial charge in [-0.1, -0.05) is 6.07 Å². The van der Waals surface area contributed by atoms with E-state index in [9.17, 15) is 0 Å². The second-order valence-corrected chi connectivity index (χ2v) is 7.50. The number of morpholine rings is 1. The molecule has 1 fully saturated rings. The van der Waals surface area contributed by atoms with Crippen LogP contribution in [0.1, 0.15) is 0 Å². The maximum atomic E-state index is 5.41. The molecule has 3 N–H and O–H groups in total. The first-order valence-electron chi connectivity index (χ1n) is 10.3. The van der Waals surface area contributed by atoms with Crippen molar-refractivity contribution in [1.29, 1.82) is 0 Å². The van der Waals surface area contributed by atoms with E-state index in [0.717, 1.165) is 84.5 Å². The van der Waals surface area contributed by atoms with Crippen LogP contribution >= 0.6 is 0 Å². The van der Waals surface area contributed by atoms with Crippen LogP contribution in [0.25, 0.3) is 33.5 Å². The molecule has 1 aliphatic heterocycles. The quantitative estimate of drug-likeness (QED) is 0.452. The number of imidazole rings is 1. The molecule has 0 spiro atoms. The number of hydrogen-bond acceptors (Lipinski definition) is 7. The number of pyridine rings is 2. The van der Waals surface area contributed by atoms with E-state index in [1.807, 2.05) is 43.2 Å². The Morgan fingerprint density at radius 3 is 2.90 bits per heavy atom. The minimum absolute atomic E-state index is 0.762. The molecule has 1 saturated heterocycles. The number of nitrogens with zero attached hydrogens (tertiary/aromatic N) is 5. The average molecular weight is 406 g/mol. The zero-order valence-corrected chi connectivity index (χ0v) is 17.3. The Labute approximate surface area is 174 Å². The van der Waals surface area contributed by atoms with Gasteiger partial charge in [-0.05, 0) is 18.2 Å². The first-order valence-corrected chi connectivity index (χ1v) is 10.3. The van der Waals surface area contributed by atoms with Gasteiger partial charge in [0.05, 0.1) is 36.4 Å². The highest BCUT2D eigenvalue weighted by Gasteiger charge is 2.16. The summed E-state index contributed by atoms with van der Waals surface area (Å²) in [4.78, 5) is 19.8. The van der Waals surface area contributed by atoms with Crippen molar-refractivity contribution in [3.8, 4) is 11.4 Å². The first-order chi connectivity index (χ1) is 14.7. The van der Waals surface area contributed by atoms with Gasteiger partial charge in [-0.15, -0.1) is 0 Å². The van der Waals surface area contributed by atoms with Crippen molar-refractivity contribution in [1.82, 2.24) is 29.4 Å². The number of anilines is 2. The van der Waals surface area contributed by atoms with Gasteiger partial charge in [0.15, 0.2) is 5.82 Å². The lowest BCUT2D eigenvalue weighted by Crippen LogP contribution is -2.39. The number of nitrogens with one attached hydrogen (secondary N) is 3. The third-order valence-corrected chi connectivity index (χ3v) is 5.54. The fourth-order valence-electron chi connectivity index (χ4n) is 3.96. The molecule has 0 saturated carbocycles. The number of aromatic nitrogens is 5. The molecule has 0 unspecified atom stereocenters. The van der Waals surface area contributed by atoms with Crippen LogP contribution in [0.5, 0.6) is 0 Å². The highest BCUT2D eigenvalue weighted by molar-refractivity contribution is 6.07. The third kappa shape index (κ3) is 3.46. The van der Waals surface area contributed by atoms with Crippen molar-refractivity contribution in [2.45, 2.75) is 0 Å². The highest BCUT2D eigenvalue weighted by Crippen LogP contribution is 2.31. The molecule has 0 radical (unpaired) electrons. The number of H-pyrrole nitrogens is 1.